The molecule has 0 aromatic rings. The second-order valence-electron chi connectivity index (χ2n) is 11.7. The summed E-state index contributed by atoms with van der Waals surface area (Å²) in [5.41, 5.74) is -0.312. The van der Waals surface area contributed by atoms with Gasteiger partial charge in [0.2, 0.25) is 0 Å². The largest absolute Gasteiger partial charge is 0.550 e. The van der Waals surface area contributed by atoms with Crippen LogP contribution in [0.15, 0.2) is 0 Å². The van der Waals surface area contributed by atoms with E-state index < -0.39 is 5.97 Å². The predicted octanol–water partition coefficient (Wildman–Crippen LogP) is 2.66. The third-order valence-corrected chi connectivity index (χ3v) is 10.3. The predicted molar refractivity (Wildman–Crippen MR) is 122 cm³/mol. The molecule has 4 rings (SSSR count). The number of hydrogen-bond acceptors (Lipinski definition) is 8. The maximum absolute atomic E-state index is 12.2. The standard InChI is InChI=1S/C27H40O8/c1-15(4-9-25(31)32)21-7-8-22-26-20(12-24(27(21,22)3)35-16(2)30)19-6-5-18(33-13-28)10-17(19)11-23(26)34-14-29/h13-15,17-24,26H,4-12H2,1-3H3,(H,31,32)/p-1/t15-,17+,18-,19+,20-,21?,22+,23-,24+,26-,27-/m1/s1. The summed E-state index contributed by atoms with van der Waals surface area (Å²) in [6, 6.07) is 0. The van der Waals surface area contributed by atoms with Crippen LogP contribution in [0, 0.1) is 46.8 Å². The van der Waals surface area contributed by atoms with Crippen LogP contribution < -0.4 is 5.11 Å². The highest BCUT2D eigenvalue weighted by atomic mass is 16.5. The molecule has 196 valence electrons. The molecule has 0 N–H and O–H groups in total. The van der Waals surface area contributed by atoms with Crippen molar-refractivity contribution in [2.24, 2.45) is 46.8 Å². The second kappa shape index (κ2) is 10.5. The Morgan fingerprint density at radius 2 is 1.77 bits per heavy atom. The van der Waals surface area contributed by atoms with Crippen molar-refractivity contribution in [1.82, 2.24) is 0 Å². The van der Waals surface area contributed by atoms with Crippen molar-refractivity contribution in [3.8, 4) is 0 Å². The first-order valence-electron chi connectivity index (χ1n) is 13.3. The van der Waals surface area contributed by atoms with Crippen LogP contribution in [-0.4, -0.2) is 43.2 Å². The van der Waals surface area contributed by atoms with Gasteiger partial charge in [-0.05, 0) is 93.3 Å². The Kier molecular flexibility index (Phi) is 7.77. The highest BCUT2D eigenvalue weighted by Crippen LogP contribution is 2.66. The summed E-state index contributed by atoms with van der Waals surface area (Å²) < 4.78 is 17.1. The highest BCUT2D eigenvalue weighted by molar-refractivity contribution is 5.66. The molecule has 0 saturated heterocycles. The molecule has 0 heterocycles. The van der Waals surface area contributed by atoms with Crippen LogP contribution in [0.3, 0.4) is 0 Å². The van der Waals surface area contributed by atoms with Crippen LogP contribution in [0.1, 0.15) is 78.6 Å². The lowest BCUT2D eigenvalue weighted by Gasteiger charge is -2.60. The molecular weight excluding hydrogens is 452 g/mol. The van der Waals surface area contributed by atoms with E-state index >= 15 is 0 Å². The fraction of sp³-hybridized carbons (Fsp3) is 0.852. The van der Waals surface area contributed by atoms with E-state index in [1.54, 1.807) is 0 Å². The van der Waals surface area contributed by atoms with Crippen LogP contribution in [0.2, 0.25) is 0 Å². The lowest BCUT2D eigenvalue weighted by atomic mass is 9.47. The quantitative estimate of drug-likeness (QED) is 0.274. The molecule has 8 heteroatoms. The third kappa shape index (κ3) is 4.82. The van der Waals surface area contributed by atoms with Crippen molar-refractivity contribution in [2.45, 2.75) is 96.9 Å². The molecule has 0 aliphatic heterocycles. The molecule has 35 heavy (non-hydrogen) atoms. The Labute approximate surface area is 207 Å². The Balaban J connectivity index is 1.66. The molecule has 8 nitrogen and oxygen atoms in total. The molecule has 0 amide bonds. The maximum Gasteiger partial charge on any atom is 0.302 e. The van der Waals surface area contributed by atoms with E-state index in [1.165, 1.54) is 6.92 Å². The van der Waals surface area contributed by atoms with Crippen molar-refractivity contribution in [1.29, 1.82) is 0 Å². The fourth-order valence-electron chi connectivity index (χ4n) is 9.07. The molecule has 4 aliphatic carbocycles. The zero-order chi connectivity index (χ0) is 25.3. The molecule has 0 aromatic heterocycles. The first-order chi connectivity index (χ1) is 16.7. The Morgan fingerprint density at radius 1 is 1.03 bits per heavy atom. The molecule has 0 aromatic carbocycles. The number of esters is 1. The van der Waals surface area contributed by atoms with Gasteiger partial charge in [-0.15, -0.1) is 0 Å². The van der Waals surface area contributed by atoms with Gasteiger partial charge < -0.3 is 24.1 Å². The van der Waals surface area contributed by atoms with Crippen molar-refractivity contribution in [3.63, 3.8) is 0 Å². The monoisotopic (exact) mass is 491 g/mol. The summed E-state index contributed by atoms with van der Waals surface area (Å²) >= 11 is 0. The van der Waals surface area contributed by atoms with Crippen LogP contribution in [0.4, 0.5) is 0 Å². The minimum absolute atomic E-state index is 0.0212. The van der Waals surface area contributed by atoms with Gasteiger partial charge in [-0.2, -0.15) is 0 Å². The smallest absolute Gasteiger partial charge is 0.302 e. The number of ether oxygens (including phenoxy) is 3. The number of fused-ring (bicyclic) bond motifs is 5. The lowest BCUT2D eigenvalue weighted by molar-refractivity contribution is -0.306. The van der Waals surface area contributed by atoms with E-state index in [1.807, 2.05) is 0 Å². The molecule has 11 atom stereocenters. The van der Waals surface area contributed by atoms with Gasteiger partial charge in [0.05, 0.1) is 0 Å². The summed E-state index contributed by atoms with van der Waals surface area (Å²) in [5.74, 6) is 0.392. The van der Waals surface area contributed by atoms with Gasteiger partial charge >= 0.3 is 5.97 Å². The Hall–Kier alpha value is -2.12. The minimum Gasteiger partial charge on any atom is -0.550 e. The Morgan fingerprint density at radius 3 is 2.43 bits per heavy atom. The van der Waals surface area contributed by atoms with Gasteiger partial charge in [0.25, 0.3) is 12.9 Å². The van der Waals surface area contributed by atoms with E-state index in [9.17, 15) is 24.3 Å². The van der Waals surface area contributed by atoms with Crippen molar-refractivity contribution in [2.75, 3.05) is 0 Å². The molecule has 0 bridgehead atoms. The Bertz CT molecular complexity index is 813. The molecule has 4 saturated carbocycles. The topological polar surface area (TPSA) is 119 Å². The van der Waals surface area contributed by atoms with Crippen LogP contribution >= 0.6 is 0 Å². The summed E-state index contributed by atoms with van der Waals surface area (Å²) in [4.78, 5) is 45.8. The first kappa shape index (κ1) is 26.0. The van der Waals surface area contributed by atoms with Crippen molar-refractivity contribution >= 4 is 24.9 Å². The van der Waals surface area contributed by atoms with Crippen LogP contribution in [-0.2, 0) is 33.4 Å². The number of aliphatic carboxylic acids is 1. The number of carboxylic acid groups (broad SMARTS) is 1. The summed E-state index contributed by atoms with van der Waals surface area (Å²) in [5, 5.41) is 11.1. The molecular formula is C27H39O8-. The van der Waals surface area contributed by atoms with Crippen molar-refractivity contribution < 1.29 is 38.5 Å². The normalized spacial score (nSPS) is 43.0. The average molecular weight is 492 g/mol. The van der Waals surface area contributed by atoms with Crippen LogP contribution in [0.25, 0.3) is 0 Å². The van der Waals surface area contributed by atoms with Gasteiger partial charge in [-0.3, -0.25) is 14.4 Å². The van der Waals surface area contributed by atoms with Gasteiger partial charge in [0.1, 0.15) is 18.3 Å². The number of carbonyl (C=O) groups excluding carboxylic acids is 4. The number of rotatable bonds is 9. The molecule has 0 spiro atoms. The lowest BCUT2D eigenvalue weighted by Crippen LogP contribution is -2.60. The maximum atomic E-state index is 12.2. The van der Waals surface area contributed by atoms with E-state index in [4.69, 9.17) is 14.2 Å². The fourth-order valence-corrected chi connectivity index (χ4v) is 9.07. The SMILES string of the molecule is CC(=O)O[C@H]1C[C@@H]2[C@H]3CC[C@@H](OC=O)C[C@H]3C[C@@H](OC=O)[C@H]2[C@@H]2CCC([C@H](C)CCC(=O)[O-])[C@@]12C. The molecule has 1 unspecified atom stereocenters. The summed E-state index contributed by atoms with van der Waals surface area (Å²) in [6.45, 7) is 6.86. The molecule has 4 fully saturated rings. The average Bonchev–Trinajstić information content (AvgIpc) is 3.16. The van der Waals surface area contributed by atoms with E-state index in [0.717, 1.165) is 44.9 Å². The van der Waals surface area contributed by atoms with Crippen LogP contribution in [0.5, 0.6) is 0 Å². The number of carbonyl (C=O) groups is 4. The molecule has 4 aliphatic rings. The second-order valence-corrected chi connectivity index (χ2v) is 11.7. The van der Waals surface area contributed by atoms with Gasteiger partial charge in [-0.1, -0.05) is 13.8 Å². The van der Waals surface area contributed by atoms with Crippen molar-refractivity contribution in [3.05, 3.63) is 0 Å². The zero-order valence-corrected chi connectivity index (χ0v) is 21.1. The van der Waals surface area contributed by atoms with E-state index in [2.05, 4.69) is 13.8 Å². The van der Waals surface area contributed by atoms with Gasteiger partial charge in [0, 0.05) is 24.2 Å². The zero-order valence-electron chi connectivity index (χ0n) is 21.1. The van der Waals surface area contributed by atoms with E-state index in [0.29, 0.717) is 31.2 Å². The first-order valence-corrected chi connectivity index (χ1v) is 13.3. The van der Waals surface area contributed by atoms with Gasteiger partial charge in [-0.25, -0.2) is 0 Å². The van der Waals surface area contributed by atoms with E-state index in [-0.39, 0.29) is 65.7 Å². The molecule has 0 radical (unpaired) electrons. The minimum atomic E-state index is -1.04. The number of carboxylic acids is 1. The number of hydrogen-bond donors (Lipinski definition) is 0. The summed E-state index contributed by atoms with van der Waals surface area (Å²) in [6.07, 6.45) is 5.90. The highest BCUT2D eigenvalue weighted by Gasteiger charge is 2.65. The van der Waals surface area contributed by atoms with Gasteiger partial charge in [0.15, 0.2) is 0 Å². The summed E-state index contributed by atoms with van der Waals surface area (Å²) in [7, 11) is 0. The third-order valence-electron chi connectivity index (χ3n) is 10.3.